The van der Waals surface area contributed by atoms with E-state index in [1.54, 1.807) is 0 Å². The minimum Gasteiger partial charge on any atom is -0.491 e. The molecule has 0 saturated carbocycles. The van der Waals surface area contributed by atoms with Crippen molar-refractivity contribution in [3.8, 4) is 5.75 Å². The van der Waals surface area contributed by atoms with Gasteiger partial charge in [0.2, 0.25) is 0 Å². The third kappa shape index (κ3) is 1.53. The van der Waals surface area contributed by atoms with Gasteiger partial charge in [0, 0.05) is 10.9 Å². The van der Waals surface area contributed by atoms with Gasteiger partial charge in [-0.25, -0.2) is 4.99 Å². The highest BCUT2D eigenvalue weighted by Crippen LogP contribution is 2.34. The van der Waals surface area contributed by atoms with Gasteiger partial charge in [0.1, 0.15) is 24.5 Å². The topological polar surface area (TPSA) is 30.8 Å². The first-order chi connectivity index (χ1) is 7.27. The summed E-state index contributed by atoms with van der Waals surface area (Å²) in [6.45, 7) is 1.23. The summed E-state index contributed by atoms with van der Waals surface area (Å²) in [5, 5.41) is 0. The van der Waals surface area contributed by atoms with Gasteiger partial charge in [-0.2, -0.15) is 0 Å². The van der Waals surface area contributed by atoms with Gasteiger partial charge in [-0.3, -0.25) is 0 Å². The molecule has 3 rings (SSSR count). The monoisotopic (exact) mass is 267 g/mol. The highest BCUT2D eigenvalue weighted by atomic mass is 79.9. The lowest BCUT2D eigenvalue weighted by Gasteiger charge is -2.30. The molecule has 1 atom stereocenters. The van der Waals surface area contributed by atoms with Gasteiger partial charge >= 0.3 is 0 Å². The van der Waals surface area contributed by atoms with Gasteiger partial charge in [-0.15, -0.1) is 0 Å². The Bertz CT molecular complexity index is 433. The number of hydrogen-bond acceptors (Lipinski definition) is 3. The van der Waals surface area contributed by atoms with Gasteiger partial charge in [-0.05, 0) is 23.8 Å². The Labute approximate surface area is 96.2 Å². The van der Waals surface area contributed by atoms with Crippen molar-refractivity contribution in [3.05, 3.63) is 28.2 Å². The first kappa shape index (κ1) is 9.21. The van der Waals surface area contributed by atoms with Crippen LogP contribution < -0.4 is 4.74 Å². The molecular formula is C11H10BrNO2. The quantitative estimate of drug-likeness (QED) is 0.722. The fourth-order valence-corrected chi connectivity index (χ4v) is 2.41. The highest BCUT2D eigenvalue weighted by molar-refractivity contribution is 9.10. The van der Waals surface area contributed by atoms with Gasteiger partial charge < -0.3 is 9.47 Å². The van der Waals surface area contributed by atoms with E-state index in [9.17, 15) is 0 Å². The lowest BCUT2D eigenvalue weighted by molar-refractivity contribution is 0.154. The summed E-state index contributed by atoms with van der Waals surface area (Å²) in [5.74, 6) is 0.964. The van der Waals surface area contributed by atoms with Crippen LogP contribution in [0.15, 0.2) is 27.7 Å². The summed E-state index contributed by atoms with van der Waals surface area (Å²) < 4.78 is 12.0. The molecule has 15 heavy (non-hydrogen) atoms. The van der Waals surface area contributed by atoms with Gasteiger partial charge in [-0.1, -0.05) is 15.9 Å². The highest BCUT2D eigenvalue weighted by Gasteiger charge is 2.38. The van der Waals surface area contributed by atoms with E-state index in [1.165, 1.54) is 12.0 Å². The minimum atomic E-state index is -0.187. The molecule has 2 aliphatic rings. The van der Waals surface area contributed by atoms with Crippen LogP contribution in [0.2, 0.25) is 0 Å². The van der Waals surface area contributed by atoms with Crippen LogP contribution in [0.5, 0.6) is 5.75 Å². The van der Waals surface area contributed by atoms with E-state index < -0.39 is 0 Å². The number of hydrogen-bond donors (Lipinski definition) is 0. The molecule has 3 nitrogen and oxygen atoms in total. The van der Waals surface area contributed by atoms with Crippen LogP contribution in [0.4, 0.5) is 0 Å². The molecule has 4 heteroatoms. The molecule has 0 aromatic heterocycles. The Morgan fingerprint density at radius 2 is 2.27 bits per heavy atom. The lowest BCUT2D eigenvalue weighted by Crippen LogP contribution is -2.41. The Balaban J connectivity index is 1.98. The normalized spacial score (nSPS) is 27.3. The third-order valence-electron chi connectivity index (χ3n) is 2.79. The average molecular weight is 268 g/mol. The number of ether oxygens (including phenoxy) is 2. The molecule has 0 aliphatic carbocycles. The summed E-state index contributed by atoms with van der Waals surface area (Å²) in [6.07, 6.45) is 2.42. The maximum Gasteiger partial charge on any atom is 0.170 e. The molecule has 0 amide bonds. The van der Waals surface area contributed by atoms with Crippen molar-refractivity contribution in [1.29, 1.82) is 0 Å². The van der Waals surface area contributed by atoms with E-state index in [2.05, 4.69) is 27.0 Å². The van der Waals surface area contributed by atoms with E-state index in [0.717, 1.165) is 16.6 Å². The number of nitrogens with zero attached hydrogens (tertiary/aromatic N) is 1. The largest absolute Gasteiger partial charge is 0.491 e. The predicted molar refractivity (Wildman–Crippen MR) is 60.5 cm³/mol. The Morgan fingerprint density at radius 1 is 1.33 bits per heavy atom. The Kier molecular flexibility index (Phi) is 1.99. The van der Waals surface area contributed by atoms with Crippen LogP contribution in [0.3, 0.4) is 0 Å². The van der Waals surface area contributed by atoms with E-state index in [1.807, 2.05) is 12.1 Å². The van der Waals surface area contributed by atoms with E-state index in [4.69, 9.17) is 9.47 Å². The SMILES string of the molecule is Brc1ccc2c(c1)CC1(COC=N1)CO2. The van der Waals surface area contributed by atoms with Crippen molar-refractivity contribution in [2.24, 2.45) is 4.99 Å². The standard InChI is InChI=1S/C11H10BrNO2/c12-9-1-2-10-8(3-9)4-11(6-15-10)5-14-7-13-11/h1-3,7H,4-6H2. The second-order valence-electron chi connectivity index (χ2n) is 3.99. The molecule has 0 radical (unpaired) electrons. The number of benzene rings is 1. The zero-order valence-corrected chi connectivity index (χ0v) is 9.66. The van der Waals surface area contributed by atoms with Crippen LogP contribution in [0, 0.1) is 0 Å². The average Bonchev–Trinajstić information content (AvgIpc) is 2.66. The zero-order valence-electron chi connectivity index (χ0n) is 8.07. The molecule has 1 spiro atoms. The van der Waals surface area contributed by atoms with Crippen LogP contribution >= 0.6 is 15.9 Å². The van der Waals surface area contributed by atoms with Crippen LogP contribution in [-0.2, 0) is 11.2 Å². The molecule has 0 N–H and O–H groups in total. The molecule has 0 bridgehead atoms. The predicted octanol–water partition coefficient (Wildman–Crippen LogP) is 2.18. The van der Waals surface area contributed by atoms with Crippen molar-refractivity contribution in [1.82, 2.24) is 0 Å². The molecule has 78 valence electrons. The third-order valence-corrected chi connectivity index (χ3v) is 3.28. The summed E-state index contributed by atoms with van der Waals surface area (Å²) in [6, 6.07) is 6.07. The fourth-order valence-electron chi connectivity index (χ4n) is 2.00. The van der Waals surface area contributed by atoms with Crippen molar-refractivity contribution in [2.75, 3.05) is 13.2 Å². The molecule has 1 aromatic rings. The number of aliphatic imine (C=N–C) groups is 1. The van der Waals surface area contributed by atoms with Gasteiger partial charge in [0.05, 0.1) is 0 Å². The number of halogens is 1. The second-order valence-corrected chi connectivity index (χ2v) is 4.90. The van der Waals surface area contributed by atoms with E-state index in [0.29, 0.717) is 13.2 Å². The zero-order chi connectivity index (χ0) is 10.3. The van der Waals surface area contributed by atoms with Crippen molar-refractivity contribution < 1.29 is 9.47 Å². The number of fused-ring (bicyclic) bond motifs is 1. The number of rotatable bonds is 0. The molecule has 2 heterocycles. The van der Waals surface area contributed by atoms with E-state index >= 15 is 0 Å². The molecule has 1 aromatic carbocycles. The smallest absolute Gasteiger partial charge is 0.170 e. The maximum absolute atomic E-state index is 5.70. The van der Waals surface area contributed by atoms with Crippen LogP contribution in [0.25, 0.3) is 0 Å². The van der Waals surface area contributed by atoms with Gasteiger partial charge in [0.25, 0.3) is 0 Å². The van der Waals surface area contributed by atoms with Crippen molar-refractivity contribution in [2.45, 2.75) is 12.0 Å². The maximum atomic E-state index is 5.70. The molecular weight excluding hydrogens is 258 g/mol. The van der Waals surface area contributed by atoms with Crippen molar-refractivity contribution in [3.63, 3.8) is 0 Å². The minimum absolute atomic E-state index is 0.187. The second kappa shape index (κ2) is 3.23. The van der Waals surface area contributed by atoms with Crippen LogP contribution in [-0.4, -0.2) is 25.2 Å². The molecule has 2 aliphatic heterocycles. The summed E-state index contributed by atoms with van der Waals surface area (Å²) in [4.78, 5) is 4.37. The fraction of sp³-hybridized carbons (Fsp3) is 0.364. The summed E-state index contributed by atoms with van der Waals surface area (Å²) >= 11 is 3.46. The van der Waals surface area contributed by atoms with Crippen molar-refractivity contribution >= 4 is 22.3 Å². The molecule has 0 fully saturated rings. The Morgan fingerprint density at radius 3 is 3.07 bits per heavy atom. The first-order valence-electron chi connectivity index (χ1n) is 4.84. The van der Waals surface area contributed by atoms with Crippen LogP contribution in [0.1, 0.15) is 5.56 Å². The van der Waals surface area contributed by atoms with Gasteiger partial charge in [0.15, 0.2) is 6.40 Å². The Hall–Kier alpha value is -1.03. The lowest BCUT2D eigenvalue weighted by atomic mass is 9.91. The molecule has 0 saturated heterocycles. The first-order valence-corrected chi connectivity index (χ1v) is 5.63. The summed E-state index contributed by atoms with van der Waals surface area (Å²) in [7, 11) is 0. The summed E-state index contributed by atoms with van der Waals surface area (Å²) in [5.41, 5.74) is 1.01. The molecule has 1 unspecified atom stereocenters. The van der Waals surface area contributed by atoms with E-state index in [-0.39, 0.29) is 5.54 Å².